The highest BCUT2D eigenvalue weighted by Gasteiger charge is 2.29. The molecule has 2 aliphatic rings. The first-order valence-electron chi connectivity index (χ1n) is 10.00. The van der Waals surface area contributed by atoms with Crippen LogP contribution >= 0.6 is 24.0 Å². The Morgan fingerprint density at radius 3 is 2.63 bits per heavy atom. The van der Waals surface area contributed by atoms with E-state index < -0.39 is 0 Å². The van der Waals surface area contributed by atoms with Gasteiger partial charge in [-0.1, -0.05) is 41.9 Å². The van der Waals surface area contributed by atoms with E-state index >= 15 is 0 Å². The van der Waals surface area contributed by atoms with Crippen molar-refractivity contribution in [3.8, 4) is 11.5 Å². The van der Waals surface area contributed by atoms with Crippen LogP contribution in [0.5, 0.6) is 11.5 Å². The Morgan fingerprint density at radius 1 is 1.23 bits per heavy atom. The molecule has 30 heavy (non-hydrogen) atoms. The Morgan fingerprint density at radius 2 is 1.93 bits per heavy atom. The van der Waals surface area contributed by atoms with Crippen LogP contribution in [0.3, 0.4) is 0 Å². The number of likely N-dealkylation sites (tertiary alicyclic amines) is 1. The molecule has 0 bridgehead atoms. The van der Waals surface area contributed by atoms with Crippen molar-refractivity contribution in [2.24, 2.45) is 0 Å². The topological polar surface area (TPSA) is 76.8 Å². The summed E-state index contributed by atoms with van der Waals surface area (Å²) < 4.78 is 11.5. The van der Waals surface area contributed by atoms with E-state index in [0.29, 0.717) is 34.4 Å². The van der Waals surface area contributed by atoms with E-state index in [1.807, 2.05) is 13.0 Å². The van der Waals surface area contributed by atoms with E-state index in [2.05, 4.69) is 34.5 Å². The summed E-state index contributed by atoms with van der Waals surface area (Å²) in [5.74, 6) is 0.533. The lowest BCUT2D eigenvalue weighted by Gasteiger charge is -2.33. The summed E-state index contributed by atoms with van der Waals surface area (Å²) in [6, 6.07) is 12.1. The first-order chi connectivity index (χ1) is 14.0. The predicted octanol–water partition coefficient (Wildman–Crippen LogP) is 3.90. The molecular formula is C22H27Cl2N3O3. The second-order valence-corrected chi connectivity index (χ2v) is 8.13. The number of nitrogens with zero attached hydrogens (tertiary/aromatic N) is 1. The zero-order chi connectivity index (χ0) is 20.4. The molecule has 1 saturated heterocycles. The number of rotatable bonds is 4. The normalized spacial score (nSPS) is 19.1. The van der Waals surface area contributed by atoms with Crippen LogP contribution in [0.4, 0.5) is 5.69 Å². The summed E-state index contributed by atoms with van der Waals surface area (Å²) in [5.41, 5.74) is 8.01. The summed E-state index contributed by atoms with van der Waals surface area (Å²) in [6.07, 6.45) is 1.66. The van der Waals surface area contributed by atoms with Gasteiger partial charge in [0.2, 0.25) is 0 Å². The SMILES string of the molecule is CC1COc2c(C(=O)NC3CCN(Cc4ccccc4)CC3)cc(Cl)c(N)c2O1.Cl. The van der Waals surface area contributed by atoms with Gasteiger partial charge in [0.05, 0.1) is 16.3 Å². The minimum atomic E-state index is -0.206. The summed E-state index contributed by atoms with van der Waals surface area (Å²) in [5, 5.41) is 3.42. The Kier molecular flexibility index (Phi) is 7.34. The van der Waals surface area contributed by atoms with Crippen molar-refractivity contribution in [3.05, 3.63) is 52.5 Å². The van der Waals surface area contributed by atoms with Gasteiger partial charge in [-0.3, -0.25) is 9.69 Å². The van der Waals surface area contributed by atoms with Crippen LogP contribution in [0.1, 0.15) is 35.7 Å². The molecule has 4 rings (SSSR count). The van der Waals surface area contributed by atoms with Crippen molar-refractivity contribution in [2.75, 3.05) is 25.4 Å². The highest BCUT2D eigenvalue weighted by Crippen LogP contribution is 2.44. The molecule has 1 amide bonds. The second-order valence-electron chi connectivity index (χ2n) is 7.73. The van der Waals surface area contributed by atoms with Gasteiger partial charge in [0.25, 0.3) is 5.91 Å². The Labute approximate surface area is 188 Å². The number of hydrogen-bond donors (Lipinski definition) is 2. The molecule has 0 aromatic heterocycles. The monoisotopic (exact) mass is 451 g/mol. The number of nitrogens with two attached hydrogens (primary N) is 1. The van der Waals surface area contributed by atoms with Crippen molar-refractivity contribution in [3.63, 3.8) is 0 Å². The lowest BCUT2D eigenvalue weighted by atomic mass is 10.0. The standard InChI is InChI=1S/C22H26ClN3O3.ClH/c1-14-13-28-20-17(11-18(23)19(24)21(20)29-14)22(27)25-16-7-9-26(10-8-16)12-15-5-3-2-4-6-15;/h2-6,11,14,16H,7-10,12-13,24H2,1H3,(H,25,27);1H. The van der Waals surface area contributed by atoms with Crippen molar-refractivity contribution in [1.82, 2.24) is 10.2 Å². The molecule has 2 aromatic rings. The van der Waals surface area contributed by atoms with Gasteiger partial charge in [-0.05, 0) is 31.4 Å². The van der Waals surface area contributed by atoms with Gasteiger partial charge in [-0.2, -0.15) is 0 Å². The van der Waals surface area contributed by atoms with Crippen LogP contribution in [-0.2, 0) is 6.54 Å². The van der Waals surface area contributed by atoms with Gasteiger partial charge in [0.1, 0.15) is 12.7 Å². The van der Waals surface area contributed by atoms with Gasteiger partial charge in [0.15, 0.2) is 11.5 Å². The zero-order valence-corrected chi connectivity index (χ0v) is 18.5. The van der Waals surface area contributed by atoms with Crippen LogP contribution in [0.25, 0.3) is 0 Å². The van der Waals surface area contributed by atoms with Gasteiger partial charge in [-0.15, -0.1) is 12.4 Å². The number of fused-ring (bicyclic) bond motifs is 1. The average Bonchev–Trinajstić information content (AvgIpc) is 2.73. The largest absolute Gasteiger partial charge is 0.485 e. The van der Waals surface area contributed by atoms with E-state index in [9.17, 15) is 4.79 Å². The number of amides is 1. The lowest BCUT2D eigenvalue weighted by Crippen LogP contribution is -2.44. The summed E-state index contributed by atoms with van der Waals surface area (Å²) in [6.45, 7) is 5.07. The maximum atomic E-state index is 12.9. The molecule has 2 heterocycles. The number of carbonyl (C=O) groups excluding carboxylic acids is 1. The number of nitrogen functional groups attached to an aromatic ring is 1. The number of ether oxygens (including phenoxy) is 2. The first-order valence-corrected chi connectivity index (χ1v) is 10.4. The van der Waals surface area contributed by atoms with Crippen LogP contribution in [-0.4, -0.2) is 42.6 Å². The minimum absolute atomic E-state index is 0. The quantitative estimate of drug-likeness (QED) is 0.689. The molecule has 0 spiro atoms. The van der Waals surface area contributed by atoms with Crippen LogP contribution in [0.15, 0.2) is 36.4 Å². The molecule has 8 heteroatoms. The van der Waals surface area contributed by atoms with E-state index in [1.54, 1.807) is 6.07 Å². The fourth-order valence-corrected chi connectivity index (χ4v) is 4.02. The number of benzene rings is 2. The van der Waals surface area contributed by atoms with Crippen molar-refractivity contribution >= 4 is 35.6 Å². The number of anilines is 1. The number of carbonyl (C=O) groups is 1. The zero-order valence-electron chi connectivity index (χ0n) is 16.9. The molecule has 1 atom stereocenters. The number of hydrogen-bond acceptors (Lipinski definition) is 5. The smallest absolute Gasteiger partial charge is 0.255 e. The lowest BCUT2D eigenvalue weighted by molar-refractivity contribution is 0.0868. The maximum absolute atomic E-state index is 12.9. The van der Waals surface area contributed by atoms with Gasteiger partial charge in [-0.25, -0.2) is 0 Å². The van der Waals surface area contributed by atoms with Crippen LogP contribution < -0.4 is 20.5 Å². The van der Waals surface area contributed by atoms with Crippen molar-refractivity contribution < 1.29 is 14.3 Å². The number of nitrogens with one attached hydrogen (secondary N) is 1. The molecular weight excluding hydrogens is 425 g/mol. The molecule has 2 aromatic carbocycles. The fraction of sp³-hybridized carbons (Fsp3) is 0.409. The highest BCUT2D eigenvalue weighted by atomic mass is 35.5. The van der Waals surface area contributed by atoms with Gasteiger partial charge < -0.3 is 20.5 Å². The molecule has 0 radical (unpaired) electrons. The minimum Gasteiger partial charge on any atom is -0.485 e. The number of halogens is 2. The highest BCUT2D eigenvalue weighted by molar-refractivity contribution is 6.34. The Bertz CT molecular complexity index is 887. The molecule has 2 aliphatic heterocycles. The fourth-order valence-electron chi connectivity index (χ4n) is 3.83. The van der Waals surface area contributed by atoms with E-state index in [4.69, 9.17) is 26.8 Å². The average molecular weight is 452 g/mol. The summed E-state index contributed by atoms with van der Waals surface area (Å²) in [4.78, 5) is 15.4. The second kappa shape index (κ2) is 9.77. The molecule has 162 valence electrons. The van der Waals surface area contributed by atoms with Crippen LogP contribution in [0, 0.1) is 0 Å². The molecule has 0 saturated carbocycles. The predicted molar refractivity (Wildman–Crippen MR) is 121 cm³/mol. The maximum Gasteiger partial charge on any atom is 0.255 e. The van der Waals surface area contributed by atoms with E-state index in [1.165, 1.54) is 5.56 Å². The van der Waals surface area contributed by atoms with E-state index in [0.717, 1.165) is 32.5 Å². The van der Waals surface area contributed by atoms with Crippen molar-refractivity contribution in [2.45, 2.75) is 38.5 Å². The summed E-state index contributed by atoms with van der Waals surface area (Å²) in [7, 11) is 0. The van der Waals surface area contributed by atoms with Crippen LogP contribution in [0.2, 0.25) is 5.02 Å². The molecule has 0 aliphatic carbocycles. The van der Waals surface area contributed by atoms with E-state index in [-0.39, 0.29) is 30.5 Å². The molecule has 6 nitrogen and oxygen atoms in total. The Hall–Kier alpha value is -2.15. The molecule has 1 unspecified atom stereocenters. The van der Waals surface area contributed by atoms with Gasteiger partial charge >= 0.3 is 0 Å². The molecule has 1 fully saturated rings. The number of piperidine rings is 1. The Balaban J connectivity index is 0.00000256. The third-order valence-corrected chi connectivity index (χ3v) is 5.73. The van der Waals surface area contributed by atoms with Crippen molar-refractivity contribution in [1.29, 1.82) is 0 Å². The third kappa shape index (κ3) is 4.94. The third-order valence-electron chi connectivity index (χ3n) is 5.42. The first kappa shape index (κ1) is 22.5. The van der Waals surface area contributed by atoms with Gasteiger partial charge in [0, 0.05) is 25.7 Å². The molecule has 3 N–H and O–H groups in total. The summed E-state index contributed by atoms with van der Waals surface area (Å²) >= 11 is 6.23.